The van der Waals surface area contributed by atoms with Crippen molar-refractivity contribution in [2.45, 2.75) is 26.7 Å². The molecule has 2 aromatic rings. The second-order valence-corrected chi connectivity index (χ2v) is 4.77. The number of carbonyl (C=O) groups is 1. The van der Waals surface area contributed by atoms with E-state index in [4.69, 9.17) is 4.74 Å². The van der Waals surface area contributed by atoms with E-state index in [1.807, 2.05) is 41.9 Å². The van der Waals surface area contributed by atoms with Gasteiger partial charge in [-0.1, -0.05) is 18.2 Å². The third-order valence-electron chi connectivity index (χ3n) is 3.19. The summed E-state index contributed by atoms with van der Waals surface area (Å²) < 4.78 is 6.71. The van der Waals surface area contributed by atoms with E-state index in [1.54, 1.807) is 6.92 Å². The molecular formula is C16H21N3O2. The first-order valence-corrected chi connectivity index (χ1v) is 7.22. The van der Waals surface area contributed by atoms with Gasteiger partial charge in [-0.15, -0.1) is 0 Å². The molecule has 1 heterocycles. The largest absolute Gasteiger partial charge is 0.450 e. The first-order valence-electron chi connectivity index (χ1n) is 7.22. The number of rotatable bonds is 6. The van der Waals surface area contributed by atoms with Crippen LogP contribution >= 0.6 is 0 Å². The van der Waals surface area contributed by atoms with Gasteiger partial charge in [-0.25, -0.2) is 9.48 Å². The third kappa shape index (κ3) is 4.34. The fraction of sp³-hybridized carbons (Fsp3) is 0.375. The molecule has 0 fully saturated rings. The number of hydrogen-bond acceptors (Lipinski definition) is 3. The molecule has 0 radical (unpaired) electrons. The van der Waals surface area contributed by atoms with Crippen LogP contribution in [0.4, 0.5) is 4.79 Å². The van der Waals surface area contributed by atoms with Crippen molar-refractivity contribution in [2.24, 2.45) is 0 Å². The molecule has 1 aromatic carbocycles. The highest BCUT2D eigenvalue weighted by molar-refractivity contribution is 5.66. The zero-order valence-corrected chi connectivity index (χ0v) is 12.5. The van der Waals surface area contributed by atoms with E-state index < -0.39 is 0 Å². The Morgan fingerprint density at radius 3 is 2.81 bits per heavy atom. The lowest BCUT2D eigenvalue weighted by molar-refractivity contribution is 0.152. The van der Waals surface area contributed by atoms with Gasteiger partial charge >= 0.3 is 6.09 Å². The van der Waals surface area contributed by atoms with Crippen LogP contribution in [0.3, 0.4) is 0 Å². The minimum absolute atomic E-state index is 0.353. The Morgan fingerprint density at radius 1 is 1.33 bits per heavy atom. The van der Waals surface area contributed by atoms with Gasteiger partial charge in [0.1, 0.15) is 0 Å². The summed E-state index contributed by atoms with van der Waals surface area (Å²) in [6.45, 7) is 4.80. The van der Waals surface area contributed by atoms with Crippen LogP contribution < -0.4 is 5.32 Å². The van der Waals surface area contributed by atoms with E-state index in [0.717, 1.165) is 24.2 Å². The SMILES string of the molecule is CCOC(=O)NCCCc1cn(-c2ccccc2)nc1C. The number of alkyl carbamates (subject to hydrolysis) is 1. The number of para-hydroxylation sites is 1. The van der Waals surface area contributed by atoms with Crippen molar-refractivity contribution in [1.29, 1.82) is 0 Å². The van der Waals surface area contributed by atoms with Gasteiger partial charge in [0.05, 0.1) is 18.0 Å². The lowest BCUT2D eigenvalue weighted by atomic mass is 10.1. The number of aromatic nitrogens is 2. The van der Waals surface area contributed by atoms with Crippen LogP contribution in [0.25, 0.3) is 5.69 Å². The van der Waals surface area contributed by atoms with E-state index in [-0.39, 0.29) is 6.09 Å². The average Bonchev–Trinajstić information content (AvgIpc) is 2.86. The molecule has 1 aromatic heterocycles. The van der Waals surface area contributed by atoms with E-state index in [2.05, 4.69) is 16.6 Å². The van der Waals surface area contributed by atoms with Gasteiger partial charge in [-0.2, -0.15) is 5.10 Å². The monoisotopic (exact) mass is 287 g/mol. The van der Waals surface area contributed by atoms with Gasteiger partial charge in [0.25, 0.3) is 0 Å². The Kier molecular flexibility index (Phi) is 5.37. The molecule has 0 unspecified atom stereocenters. The molecule has 0 saturated heterocycles. The molecule has 0 saturated carbocycles. The van der Waals surface area contributed by atoms with E-state index in [1.165, 1.54) is 5.56 Å². The van der Waals surface area contributed by atoms with Gasteiger partial charge in [0, 0.05) is 12.7 Å². The Balaban J connectivity index is 1.87. The number of nitrogens with one attached hydrogen (secondary N) is 1. The molecule has 2 rings (SSSR count). The summed E-state index contributed by atoms with van der Waals surface area (Å²) in [7, 11) is 0. The van der Waals surface area contributed by atoms with E-state index in [9.17, 15) is 4.79 Å². The summed E-state index contributed by atoms with van der Waals surface area (Å²) >= 11 is 0. The highest BCUT2D eigenvalue weighted by atomic mass is 16.5. The second-order valence-electron chi connectivity index (χ2n) is 4.77. The summed E-state index contributed by atoms with van der Waals surface area (Å²) in [5, 5.41) is 7.25. The molecule has 0 aliphatic heterocycles. The standard InChI is InChI=1S/C16H21N3O2/c1-3-21-16(20)17-11-7-8-14-12-19(18-13(14)2)15-9-5-4-6-10-15/h4-6,9-10,12H,3,7-8,11H2,1-2H3,(H,17,20). The predicted octanol–water partition coefficient (Wildman–Crippen LogP) is 2.86. The summed E-state index contributed by atoms with van der Waals surface area (Å²) in [6, 6.07) is 10.0. The number of ether oxygens (including phenoxy) is 1. The van der Waals surface area contributed by atoms with Gasteiger partial charge in [-0.05, 0) is 44.4 Å². The van der Waals surface area contributed by atoms with E-state index in [0.29, 0.717) is 13.2 Å². The van der Waals surface area contributed by atoms with Crippen LogP contribution in [-0.4, -0.2) is 29.0 Å². The number of carbonyl (C=O) groups excluding carboxylic acids is 1. The molecule has 0 bridgehead atoms. The molecule has 21 heavy (non-hydrogen) atoms. The highest BCUT2D eigenvalue weighted by Gasteiger charge is 2.06. The van der Waals surface area contributed by atoms with Crippen LogP contribution in [0.5, 0.6) is 0 Å². The Bertz CT molecular complexity index is 578. The number of hydrogen-bond donors (Lipinski definition) is 1. The zero-order chi connectivity index (χ0) is 15.1. The van der Waals surface area contributed by atoms with Crippen molar-refractivity contribution in [2.75, 3.05) is 13.2 Å². The minimum atomic E-state index is -0.353. The summed E-state index contributed by atoms with van der Waals surface area (Å²) in [6.07, 6.45) is 3.44. The number of amides is 1. The smallest absolute Gasteiger partial charge is 0.407 e. The molecule has 5 nitrogen and oxygen atoms in total. The minimum Gasteiger partial charge on any atom is -0.450 e. The molecule has 0 atom stereocenters. The van der Waals surface area contributed by atoms with Crippen LogP contribution in [-0.2, 0) is 11.2 Å². The Labute approximate surface area is 124 Å². The highest BCUT2D eigenvalue weighted by Crippen LogP contribution is 2.13. The molecule has 0 aliphatic carbocycles. The maximum atomic E-state index is 11.2. The first kappa shape index (κ1) is 15.1. The average molecular weight is 287 g/mol. The molecule has 0 aliphatic rings. The lowest BCUT2D eigenvalue weighted by Crippen LogP contribution is -2.25. The van der Waals surface area contributed by atoms with Crippen molar-refractivity contribution in [1.82, 2.24) is 15.1 Å². The number of nitrogens with zero attached hydrogens (tertiary/aromatic N) is 2. The zero-order valence-electron chi connectivity index (χ0n) is 12.5. The molecule has 0 spiro atoms. The quantitative estimate of drug-likeness (QED) is 0.831. The summed E-state index contributed by atoms with van der Waals surface area (Å²) in [5.41, 5.74) is 3.27. The fourth-order valence-electron chi connectivity index (χ4n) is 2.11. The van der Waals surface area contributed by atoms with Crippen molar-refractivity contribution >= 4 is 6.09 Å². The molecule has 5 heteroatoms. The van der Waals surface area contributed by atoms with Gasteiger partial charge < -0.3 is 10.1 Å². The lowest BCUT2D eigenvalue weighted by Gasteiger charge is -2.04. The molecule has 1 amide bonds. The first-order chi connectivity index (χ1) is 10.2. The maximum Gasteiger partial charge on any atom is 0.407 e. The van der Waals surface area contributed by atoms with Crippen molar-refractivity contribution in [3.05, 3.63) is 47.8 Å². The molecular weight excluding hydrogens is 266 g/mol. The van der Waals surface area contributed by atoms with Crippen LogP contribution in [0.1, 0.15) is 24.6 Å². The molecule has 112 valence electrons. The van der Waals surface area contributed by atoms with E-state index >= 15 is 0 Å². The normalized spacial score (nSPS) is 10.4. The van der Waals surface area contributed by atoms with Gasteiger partial charge in [-0.3, -0.25) is 0 Å². The van der Waals surface area contributed by atoms with Gasteiger partial charge in [0.15, 0.2) is 0 Å². The predicted molar refractivity (Wildman–Crippen MR) is 81.6 cm³/mol. The molecule has 1 N–H and O–H groups in total. The number of benzene rings is 1. The van der Waals surface area contributed by atoms with Crippen LogP contribution in [0, 0.1) is 6.92 Å². The van der Waals surface area contributed by atoms with Crippen molar-refractivity contribution in [3.8, 4) is 5.69 Å². The second kappa shape index (κ2) is 7.47. The van der Waals surface area contributed by atoms with Crippen molar-refractivity contribution < 1.29 is 9.53 Å². The topological polar surface area (TPSA) is 56.1 Å². The Morgan fingerprint density at radius 2 is 2.10 bits per heavy atom. The summed E-state index contributed by atoms with van der Waals surface area (Å²) in [5.74, 6) is 0. The third-order valence-corrected chi connectivity index (χ3v) is 3.19. The maximum absolute atomic E-state index is 11.2. The van der Waals surface area contributed by atoms with Gasteiger partial charge in [0.2, 0.25) is 0 Å². The van der Waals surface area contributed by atoms with Crippen LogP contribution in [0.15, 0.2) is 36.5 Å². The van der Waals surface area contributed by atoms with Crippen molar-refractivity contribution in [3.63, 3.8) is 0 Å². The number of aryl methyl sites for hydroxylation is 2. The van der Waals surface area contributed by atoms with Crippen LogP contribution in [0.2, 0.25) is 0 Å². The summed E-state index contributed by atoms with van der Waals surface area (Å²) in [4.78, 5) is 11.2. The fourth-order valence-corrected chi connectivity index (χ4v) is 2.11. The Hall–Kier alpha value is -2.30.